The number of nitrogens with one attached hydrogen (secondary N) is 1. The van der Waals surface area contributed by atoms with E-state index in [1.165, 1.54) is 0 Å². The lowest BCUT2D eigenvalue weighted by molar-refractivity contribution is -0.00154. The van der Waals surface area contributed by atoms with Gasteiger partial charge in [-0.15, -0.1) is 0 Å². The Morgan fingerprint density at radius 3 is 3.05 bits per heavy atom. The Balaban J connectivity index is 2.21. The third-order valence-electron chi connectivity index (χ3n) is 3.70. The van der Waals surface area contributed by atoms with Gasteiger partial charge < -0.3 is 15.1 Å². The SMILES string of the molecule is COC1CN(C(=O)c2cc(Br)cnc2NN)CCC1C. The summed E-state index contributed by atoms with van der Waals surface area (Å²) in [5.74, 6) is 6.17. The molecular weight excluding hydrogens is 324 g/mol. The molecule has 0 bridgehead atoms. The Kier molecular flexibility index (Phi) is 4.95. The van der Waals surface area contributed by atoms with Gasteiger partial charge in [-0.1, -0.05) is 6.92 Å². The lowest BCUT2D eigenvalue weighted by Crippen LogP contribution is -2.46. The van der Waals surface area contributed by atoms with E-state index in [0.29, 0.717) is 23.8 Å². The van der Waals surface area contributed by atoms with Crippen LogP contribution in [0.5, 0.6) is 0 Å². The highest BCUT2D eigenvalue weighted by Crippen LogP contribution is 2.24. The summed E-state index contributed by atoms with van der Waals surface area (Å²) in [6, 6.07) is 1.73. The molecule has 110 valence electrons. The molecule has 6 nitrogen and oxygen atoms in total. The zero-order valence-electron chi connectivity index (χ0n) is 11.6. The van der Waals surface area contributed by atoms with Gasteiger partial charge in [0.2, 0.25) is 0 Å². The standard InChI is InChI=1S/C13H19BrN4O2/c1-8-3-4-18(7-11(8)20-2)13(19)10-5-9(14)6-16-12(10)17-15/h5-6,8,11H,3-4,7,15H2,1-2H3,(H,16,17). The van der Waals surface area contributed by atoms with Crippen LogP contribution in [0, 0.1) is 5.92 Å². The Morgan fingerprint density at radius 2 is 2.40 bits per heavy atom. The first kappa shape index (κ1) is 15.2. The summed E-state index contributed by atoms with van der Waals surface area (Å²) >= 11 is 3.33. The maximum atomic E-state index is 12.6. The Morgan fingerprint density at radius 1 is 1.65 bits per heavy atom. The van der Waals surface area contributed by atoms with Crippen molar-refractivity contribution in [3.63, 3.8) is 0 Å². The predicted octanol–water partition coefficient (Wildman–Crippen LogP) is 1.63. The van der Waals surface area contributed by atoms with Crippen molar-refractivity contribution < 1.29 is 9.53 Å². The smallest absolute Gasteiger partial charge is 0.257 e. The van der Waals surface area contributed by atoms with E-state index in [0.717, 1.165) is 17.4 Å². The molecule has 1 fully saturated rings. The number of amides is 1. The summed E-state index contributed by atoms with van der Waals surface area (Å²) in [6.45, 7) is 3.45. The first-order valence-corrected chi connectivity index (χ1v) is 7.30. The van der Waals surface area contributed by atoms with E-state index < -0.39 is 0 Å². The maximum Gasteiger partial charge on any atom is 0.257 e. The number of hydrazine groups is 1. The second-order valence-corrected chi connectivity index (χ2v) is 5.90. The van der Waals surface area contributed by atoms with Gasteiger partial charge in [0.25, 0.3) is 5.91 Å². The number of nitrogen functional groups attached to an aromatic ring is 1. The summed E-state index contributed by atoms with van der Waals surface area (Å²) in [5, 5.41) is 0. The molecule has 0 aromatic carbocycles. The minimum Gasteiger partial charge on any atom is -0.379 e. The fourth-order valence-electron chi connectivity index (χ4n) is 2.41. The fraction of sp³-hybridized carbons (Fsp3) is 0.538. The van der Waals surface area contributed by atoms with Gasteiger partial charge in [0.15, 0.2) is 5.82 Å². The zero-order chi connectivity index (χ0) is 14.7. The molecule has 2 rings (SSSR count). The average molecular weight is 343 g/mol. The van der Waals surface area contributed by atoms with Crippen LogP contribution in [0.1, 0.15) is 23.7 Å². The molecule has 1 aliphatic rings. The number of piperidine rings is 1. The number of carbonyl (C=O) groups is 1. The van der Waals surface area contributed by atoms with Crippen LogP contribution in [0.4, 0.5) is 5.82 Å². The molecule has 0 radical (unpaired) electrons. The van der Waals surface area contributed by atoms with Crippen LogP contribution in [0.2, 0.25) is 0 Å². The number of anilines is 1. The lowest BCUT2D eigenvalue weighted by atomic mass is 9.95. The third-order valence-corrected chi connectivity index (χ3v) is 4.13. The van der Waals surface area contributed by atoms with Crippen molar-refractivity contribution in [2.24, 2.45) is 11.8 Å². The number of likely N-dealkylation sites (tertiary alicyclic amines) is 1. The lowest BCUT2D eigenvalue weighted by Gasteiger charge is -2.36. The molecular formula is C13H19BrN4O2. The Labute approximate surface area is 126 Å². The number of halogens is 1. The van der Waals surface area contributed by atoms with Gasteiger partial charge in [0, 0.05) is 30.9 Å². The van der Waals surface area contributed by atoms with E-state index in [9.17, 15) is 4.79 Å². The van der Waals surface area contributed by atoms with E-state index in [4.69, 9.17) is 10.6 Å². The number of rotatable bonds is 3. The van der Waals surface area contributed by atoms with Crippen molar-refractivity contribution in [2.45, 2.75) is 19.4 Å². The van der Waals surface area contributed by atoms with Crippen molar-refractivity contribution in [3.05, 3.63) is 22.3 Å². The van der Waals surface area contributed by atoms with Gasteiger partial charge >= 0.3 is 0 Å². The van der Waals surface area contributed by atoms with Gasteiger partial charge in [0.05, 0.1) is 11.7 Å². The molecule has 0 spiro atoms. The van der Waals surface area contributed by atoms with Crippen molar-refractivity contribution in [1.29, 1.82) is 0 Å². The van der Waals surface area contributed by atoms with Gasteiger partial charge in [-0.3, -0.25) is 4.79 Å². The van der Waals surface area contributed by atoms with E-state index in [-0.39, 0.29) is 12.0 Å². The second kappa shape index (κ2) is 6.51. The maximum absolute atomic E-state index is 12.6. The average Bonchev–Trinajstić information content (AvgIpc) is 2.47. The van der Waals surface area contributed by atoms with Crippen molar-refractivity contribution >= 4 is 27.7 Å². The molecule has 7 heteroatoms. The van der Waals surface area contributed by atoms with Crippen molar-refractivity contribution in [2.75, 3.05) is 25.6 Å². The van der Waals surface area contributed by atoms with Crippen LogP contribution in [0.3, 0.4) is 0 Å². The molecule has 1 aliphatic heterocycles. The van der Waals surface area contributed by atoms with Crippen molar-refractivity contribution in [1.82, 2.24) is 9.88 Å². The van der Waals surface area contributed by atoms with Gasteiger partial charge in [-0.2, -0.15) is 0 Å². The first-order valence-electron chi connectivity index (χ1n) is 6.51. The van der Waals surface area contributed by atoms with E-state index in [1.54, 1.807) is 24.3 Å². The minimum absolute atomic E-state index is 0.0714. The number of aromatic nitrogens is 1. The monoisotopic (exact) mass is 342 g/mol. The minimum atomic E-state index is -0.0827. The molecule has 1 amide bonds. The zero-order valence-corrected chi connectivity index (χ0v) is 13.2. The number of hydrogen-bond donors (Lipinski definition) is 2. The van der Waals surface area contributed by atoms with Crippen LogP contribution >= 0.6 is 15.9 Å². The Bertz CT molecular complexity index is 497. The third kappa shape index (κ3) is 3.11. The largest absolute Gasteiger partial charge is 0.379 e. The predicted molar refractivity (Wildman–Crippen MR) is 80.2 cm³/mol. The van der Waals surface area contributed by atoms with Crippen LogP contribution in [-0.4, -0.2) is 42.1 Å². The molecule has 20 heavy (non-hydrogen) atoms. The highest BCUT2D eigenvalue weighted by Gasteiger charge is 2.30. The number of carbonyl (C=O) groups excluding carboxylic acids is 1. The molecule has 1 aromatic heterocycles. The summed E-state index contributed by atoms with van der Waals surface area (Å²) in [5.41, 5.74) is 2.93. The highest BCUT2D eigenvalue weighted by molar-refractivity contribution is 9.10. The summed E-state index contributed by atoms with van der Waals surface area (Å²) in [7, 11) is 1.68. The molecule has 2 heterocycles. The highest BCUT2D eigenvalue weighted by atomic mass is 79.9. The van der Waals surface area contributed by atoms with E-state index in [1.807, 2.05) is 0 Å². The fourth-order valence-corrected chi connectivity index (χ4v) is 2.74. The molecule has 1 saturated heterocycles. The van der Waals surface area contributed by atoms with E-state index in [2.05, 4.69) is 33.3 Å². The second-order valence-electron chi connectivity index (χ2n) is 4.99. The molecule has 2 atom stereocenters. The molecule has 0 saturated carbocycles. The molecule has 3 N–H and O–H groups in total. The first-order chi connectivity index (χ1) is 9.56. The number of nitrogens with zero attached hydrogens (tertiary/aromatic N) is 2. The van der Waals surface area contributed by atoms with Gasteiger partial charge in [0.1, 0.15) is 0 Å². The van der Waals surface area contributed by atoms with E-state index >= 15 is 0 Å². The molecule has 0 aliphatic carbocycles. The van der Waals surface area contributed by atoms with Crippen LogP contribution in [0.15, 0.2) is 16.7 Å². The number of hydrogen-bond acceptors (Lipinski definition) is 5. The number of nitrogens with two attached hydrogens (primary N) is 1. The summed E-state index contributed by atoms with van der Waals surface area (Å²) in [4.78, 5) is 18.5. The van der Waals surface area contributed by atoms with Crippen LogP contribution in [0.25, 0.3) is 0 Å². The summed E-state index contributed by atoms with van der Waals surface area (Å²) < 4.78 is 6.18. The summed E-state index contributed by atoms with van der Waals surface area (Å²) in [6.07, 6.45) is 2.60. The van der Waals surface area contributed by atoms with Gasteiger partial charge in [-0.25, -0.2) is 10.8 Å². The van der Waals surface area contributed by atoms with Gasteiger partial charge in [-0.05, 0) is 34.3 Å². The normalized spacial score (nSPS) is 22.7. The number of pyridine rings is 1. The molecule has 2 unspecified atom stereocenters. The topological polar surface area (TPSA) is 80.5 Å². The Hall–Kier alpha value is -1.18. The molecule has 1 aromatic rings. The van der Waals surface area contributed by atoms with Crippen LogP contribution in [-0.2, 0) is 4.74 Å². The quantitative estimate of drug-likeness (QED) is 0.644. The number of ether oxygens (including phenoxy) is 1. The van der Waals surface area contributed by atoms with Crippen LogP contribution < -0.4 is 11.3 Å². The number of methoxy groups -OCH3 is 1. The van der Waals surface area contributed by atoms with Crippen molar-refractivity contribution in [3.8, 4) is 0 Å².